The zero-order chi connectivity index (χ0) is 57.7. The van der Waals surface area contributed by atoms with Gasteiger partial charge in [-0.25, -0.2) is 0 Å². The van der Waals surface area contributed by atoms with Crippen LogP contribution in [0.4, 0.5) is 0 Å². The molecule has 0 bridgehead atoms. The Labute approximate surface area is 493 Å². The fourth-order valence-corrected chi connectivity index (χ4v) is 11.4. The van der Waals surface area contributed by atoms with Gasteiger partial charge in [0.15, 0.2) is 0 Å². The Balaban J connectivity index is 3.94. The number of amides is 1. The van der Waals surface area contributed by atoms with Crippen LogP contribution in [0.25, 0.3) is 0 Å². The molecule has 0 radical (unpaired) electrons. The molecule has 0 aromatic carbocycles. The number of aliphatic hydroxyl groups is 1. The van der Waals surface area contributed by atoms with Crippen LogP contribution < -0.4 is 10.2 Å². The van der Waals surface area contributed by atoms with Crippen LogP contribution >= 0.6 is 7.82 Å². The molecule has 0 heterocycles. The minimum atomic E-state index is -4.60. The van der Waals surface area contributed by atoms with Gasteiger partial charge < -0.3 is 28.8 Å². The minimum absolute atomic E-state index is 0.000595. The number of unbranched alkanes of at least 4 members (excludes halogenated alkanes) is 48. The van der Waals surface area contributed by atoms with Crippen molar-refractivity contribution in [2.24, 2.45) is 0 Å². The van der Waals surface area contributed by atoms with E-state index in [0.29, 0.717) is 17.4 Å². The van der Waals surface area contributed by atoms with Gasteiger partial charge in [0.2, 0.25) is 5.91 Å². The van der Waals surface area contributed by atoms with E-state index in [-0.39, 0.29) is 19.1 Å². The minimum Gasteiger partial charge on any atom is -0.756 e. The molecular formula is C70H137N2O6P. The van der Waals surface area contributed by atoms with E-state index in [1.54, 1.807) is 6.08 Å². The number of hydrogen-bond acceptors (Lipinski definition) is 6. The number of carbonyl (C=O) groups is 1. The lowest BCUT2D eigenvalue weighted by Gasteiger charge is -2.29. The van der Waals surface area contributed by atoms with Crippen LogP contribution in [0.3, 0.4) is 0 Å². The molecule has 0 aromatic heterocycles. The molecule has 79 heavy (non-hydrogen) atoms. The van der Waals surface area contributed by atoms with Crippen LogP contribution in [0, 0.1) is 0 Å². The molecule has 0 saturated heterocycles. The van der Waals surface area contributed by atoms with Gasteiger partial charge in [-0.3, -0.25) is 9.36 Å². The molecule has 2 N–H and O–H groups in total. The molecule has 0 saturated carbocycles. The van der Waals surface area contributed by atoms with Crippen LogP contribution in [0.1, 0.15) is 354 Å². The predicted octanol–water partition coefficient (Wildman–Crippen LogP) is 21.4. The van der Waals surface area contributed by atoms with E-state index in [2.05, 4.69) is 43.5 Å². The second-order valence-electron chi connectivity index (χ2n) is 25.2. The summed E-state index contributed by atoms with van der Waals surface area (Å²) in [5.41, 5.74) is 0. The van der Waals surface area contributed by atoms with Gasteiger partial charge in [0.25, 0.3) is 7.82 Å². The number of nitrogens with one attached hydrogen (secondary N) is 1. The zero-order valence-corrected chi connectivity index (χ0v) is 54.5. The number of likely N-dealkylation sites (N-methyl/N-ethyl adjacent to an activating group) is 1. The van der Waals surface area contributed by atoms with Crippen molar-refractivity contribution in [3.05, 3.63) is 36.5 Å². The fourth-order valence-electron chi connectivity index (χ4n) is 10.7. The first kappa shape index (κ1) is 77.7. The van der Waals surface area contributed by atoms with Crippen molar-refractivity contribution in [1.82, 2.24) is 5.32 Å². The van der Waals surface area contributed by atoms with Gasteiger partial charge in [-0.2, -0.15) is 0 Å². The Morgan fingerprint density at radius 3 is 1.05 bits per heavy atom. The standard InChI is InChI=1S/C70H137N2O6P/c1-6-8-10-12-14-16-18-20-22-24-26-27-28-29-30-31-32-33-34-35-36-37-38-39-40-41-42-43-44-45-46-48-50-52-54-56-58-60-62-64-70(74)71-68(67-78-79(75,76)77-66-65-72(3,4)5)69(73)63-61-59-57-55-53-51-49-47-25-23-21-19-17-15-13-11-9-7-2/h32-33,35-36,61,63,68-69,73H,6-31,34,37-60,62,64-67H2,1-5H3,(H-,71,74,75,76)/b33-32-,36-35-,63-61+. The largest absolute Gasteiger partial charge is 0.756 e. The summed E-state index contributed by atoms with van der Waals surface area (Å²) >= 11 is 0. The van der Waals surface area contributed by atoms with Crippen molar-refractivity contribution >= 4 is 13.7 Å². The second-order valence-corrected chi connectivity index (χ2v) is 26.7. The molecule has 0 rings (SSSR count). The van der Waals surface area contributed by atoms with Gasteiger partial charge in [-0.05, 0) is 51.4 Å². The van der Waals surface area contributed by atoms with Crippen LogP contribution in [0.5, 0.6) is 0 Å². The number of rotatable bonds is 65. The number of aliphatic hydroxyl groups excluding tert-OH is 1. The van der Waals surface area contributed by atoms with Crippen molar-refractivity contribution in [2.75, 3.05) is 40.9 Å². The number of hydrogen-bond donors (Lipinski definition) is 2. The van der Waals surface area contributed by atoms with E-state index in [9.17, 15) is 19.4 Å². The van der Waals surface area contributed by atoms with Crippen LogP contribution in [-0.4, -0.2) is 68.5 Å². The molecule has 9 heteroatoms. The Bertz CT molecular complexity index is 1380. The monoisotopic (exact) mass is 1130 g/mol. The van der Waals surface area contributed by atoms with Crippen LogP contribution in [0.15, 0.2) is 36.5 Å². The number of carbonyl (C=O) groups excluding carboxylic acids is 1. The van der Waals surface area contributed by atoms with Gasteiger partial charge >= 0.3 is 0 Å². The topological polar surface area (TPSA) is 108 Å². The van der Waals surface area contributed by atoms with E-state index >= 15 is 0 Å². The van der Waals surface area contributed by atoms with Crippen molar-refractivity contribution < 1.29 is 32.9 Å². The lowest BCUT2D eigenvalue weighted by molar-refractivity contribution is -0.870. The summed E-state index contributed by atoms with van der Waals surface area (Å²) in [7, 11) is 1.27. The van der Waals surface area contributed by atoms with E-state index in [4.69, 9.17) is 9.05 Å². The molecule has 0 spiro atoms. The number of nitrogens with zero attached hydrogens (tertiary/aromatic N) is 1. The third kappa shape index (κ3) is 64.1. The summed E-state index contributed by atoms with van der Waals surface area (Å²) in [6, 6.07) is -0.886. The summed E-state index contributed by atoms with van der Waals surface area (Å²) in [5, 5.41) is 13.9. The van der Waals surface area contributed by atoms with Gasteiger partial charge in [-0.15, -0.1) is 0 Å². The average Bonchev–Trinajstić information content (AvgIpc) is 3.42. The lowest BCUT2D eigenvalue weighted by atomic mass is 10.0. The number of quaternary nitrogens is 1. The maximum atomic E-state index is 13.0. The van der Waals surface area contributed by atoms with Crippen molar-refractivity contribution in [3.8, 4) is 0 Å². The van der Waals surface area contributed by atoms with Crippen LogP contribution in [0.2, 0.25) is 0 Å². The predicted molar refractivity (Wildman–Crippen MR) is 344 cm³/mol. The maximum Gasteiger partial charge on any atom is 0.268 e. The third-order valence-electron chi connectivity index (χ3n) is 16.1. The second kappa shape index (κ2) is 61.3. The Morgan fingerprint density at radius 1 is 0.443 bits per heavy atom. The highest BCUT2D eigenvalue weighted by Crippen LogP contribution is 2.38. The molecule has 3 unspecified atom stereocenters. The van der Waals surface area contributed by atoms with Gasteiger partial charge in [0, 0.05) is 6.42 Å². The summed E-state index contributed by atoms with van der Waals surface area (Å²) < 4.78 is 23.4. The Morgan fingerprint density at radius 2 is 0.734 bits per heavy atom. The number of phosphoric ester groups is 1. The SMILES string of the molecule is CCCCCCCCCCCCCCCCC/C=C\C/C=C\CCCCCCCCCCCCCCCCCCCC(=O)NC(COP(=O)([O-])OCC[N+](C)(C)C)C(O)/C=C/CCCCCCCCCCCCCCCCCC. The van der Waals surface area contributed by atoms with Crippen molar-refractivity contribution in [3.63, 3.8) is 0 Å². The molecule has 468 valence electrons. The molecule has 0 aliphatic carbocycles. The first-order chi connectivity index (χ1) is 38.5. The van der Waals surface area contributed by atoms with E-state index in [1.807, 2.05) is 27.2 Å². The Hall–Kier alpha value is -1.28. The highest BCUT2D eigenvalue weighted by molar-refractivity contribution is 7.45. The third-order valence-corrected chi connectivity index (χ3v) is 17.1. The highest BCUT2D eigenvalue weighted by Gasteiger charge is 2.23. The molecule has 3 atom stereocenters. The summed E-state index contributed by atoms with van der Waals surface area (Å²) in [5.74, 6) is -0.192. The van der Waals surface area contributed by atoms with Gasteiger partial charge in [0.1, 0.15) is 13.2 Å². The quantitative estimate of drug-likeness (QED) is 0.0272. The molecule has 0 fully saturated rings. The van der Waals surface area contributed by atoms with E-state index in [0.717, 1.165) is 44.9 Å². The summed E-state index contributed by atoms with van der Waals surface area (Å²) in [4.78, 5) is 25.6. The molecule has 1 amide bonds. The molecule has 8 nitrogen and oxygen atoms in total. The summed E-state index contributed by atoms with van der Waals surface area (Å²) in [6.07, 6.45) is 81.3. The highest BCUT2D eigenvalue weighted by atomic mass is 31.2. The van der Waals surface area contributed by atoms with Crippen LogP contribution in [-0.2, 0) is 18.4 Å². The summed E-state index contributed by atoms with van der Waals surface area (Å²) in [6.45, 7) is 4.70. The van der Waals surface area contributed by atoms with Crippen molar-refractivity contribution in [2.45, 2.75) is 366 Å². The Kier molecular flexibility index (Phi) is 60.3. The van der Waals surface area contributed by atoms with E-state index in [1.165, 1.54) is 289 Å². The molecular weight excluding hydrogens is 996 g/mol. The maximum absolute atomic E-state index is 13.0. The van der Waals surface area contributed by atoms with Gasteiger partial charge in [-0.1, -0.05) is 333 Å². The van der Waals surface area contributed by atoms with Gasteiger partial charge in [0.05, 0.1) is 39.9 Å². The van der Waals surface area contributed by atoms with Crippen molar-refractivity contribution in [1.29, 1.82) is 0 Å². The molecule has 0 aromatic rings. The fraction of sp³-hybridized carbons (Fsp3) is 0.900. The van der Waals surface area contributed by atoms with E-state index < -0.39 is 20.0 Å². The zero-order valence-electron chi connectivity index (χ0n) is 53.6. The lowest BCUT2D eigenvalue weighted by Crippen LogP contribution is -2.45. The average molecular weight is 1130 g/mol. The molecule has 0 aliphatic rings. The molecule has 0 aliphatic heterocycles. The first-order valence-electron chi connectivity index (χ1n) is 34.9. The normalized spacial score (nSPS) is 13.9. The first-order valence-corrected chi connectivity index (χ1v) is 36.3. The number of allylic oxidation sites excluding steroid dienone is 5. The number of phosphoric acid groups is 1. The smallest absolute Gasteiger partial charge is 0.268 e.